The van der Waals surface area contributed by atoms with Gasteiger partial charge in [0.1, 0.15) is 5.69 Å². The monoisotopic (exact) mass is 460 g/mol. The predicted octanol–water partition coefficient (Wildman–Crippen LogP) is 2.23. The van der Waals surface area contributed by atoms with Crippen LogP contribution in [0.4, 0.5) is 5.69 Å². The molecule has 0 spiro atoms. The first-order valence-electron chi connectivity index (χ1n) is 9.89. The summed E-state index contributed by atoms with van der Waals surface area (Å²) in [5, 5.41) is 4.97. The van der Waals surface area contributed by atoms with Crippen molar-refractivity contribution in [3.63, 3.8) is 0 Å². The van der Waals surface area contributed by atoms with Gasteiger partial charge in [0.15, 0.2) is 5.17 Å². The third-order valence-corrected chi connectivity index (χ3v) is 7.78. The van der Waals surface area contributed by atoms with E-state index < -0.39 is 10.0 Å². The van der Waals surface area contributed by atoms with Gasteiger partial charge >= 0.3 is 0 Å². The third kappa shape index (κ3) is 4.68. The summed E-state index contributed by atoms with van der Waals surface area (Å²) in [5.74, 6) is 0.604. The first-order chi connectivity index (χ1) is 14.8. The largest absolute Gasteiger partial charge is 0.357 e. The molecule has 11 heteroatoms. The van der Waals surface area contributed by atoms with Crippen molar-refractivity contribution in [3.05, 3.63) is 47.8 Å². The first-order valence-corrected chi connectivity index (χ1v) is 12.3. The van der Waals surface area contributed by atoms with Crippen LogP contribution in [0.5, 0.6) is 0 Å². The number of hydrogen-bond donors (Lipinski definition) is 2. The molecule has 1 fully saturated rings. The number of amidine groups is 1. The van der Waals surface area contributed by atoms with Gasteiger partial charge in [-0.3, -0.25) is 10.2 Å². The van der Waals surface area contributed by atoms with Crippen LogP contribution in [0.2, 0.25) is 0 Å². The SMILES string of the molecule is CN(C)S(=O)(=O)c1cccc(N=C2NN=C(c3c[nH]c(C(=O)N4CCCC4)c3)CS2)c1. The summed E-state index contributed by atoms with van der Waals surface area (Å²) in [5.41, 5.74) is 5.69. The fraction of sp³-hybridized carbons (Fsp3) is 0.350. The lowest BCUT2D eigenvalue weighted by atomic mass is 10.2. The predicted molar refractivity (Wildman–Crippen MR) is 122 cm³/mol. The molecule has 164 valence electrons. The number of H-pyrrole nitrogens is 1. The molecule has 0 saturated carbocycles. The highest BCUT2D eigenvalue weighted by molar-refractivity contribution is 8.14. The minimum Gasteiger partial charge on any atom is -0.357 e. The van der Waals surface area contributed by atoms with Crippen molar-refractivity contribution in [3.8, 4) is 0 Å². The van der Waals surface area contributed by atoms with Gasteiger partial charge in [-0.15, -0.1) is 0 Å². The second kappa shape index (κ2) is 8.85. The molecule has 2 aliphatic rings. The molecular formula is C20H24N6O3S2. The number of amides is 1. The molecule has 2 aromatic rings. The van der Waals surface area contributed by atoms with Crippen LogP contribution < -0.4 is 5.43 Å². The Labute approximate surface area is 185 Å². The molecule has 31 heavy (non-hydrogen) atoms. The van der Waals surface area contributed by atoms with E-state index in [0.717, 1.165) is 37.2 Å². The standard InChI is InChI=1S/C20H24N6O3S2/c1-25(2)31(28,29)16-7-5-6-15(11-16)22-20-24-23-18(13-30-20)14-10-17(21-12-14)19(27)26-8-3-4-9-26/h5-7,10-12,21H,3-4,8-9,13H2,1-2H3,(H,22,24). The van der Waals surface area contributed by atoms with Crippen LogP contribution in [0.3, 0.4) is 0 Å². The third-order valence-electron chi connectivity index (χ3n) is 5.10. The maximum absolute atomic E-state index is 12.5. The molecule has 0 unspecified atom stereocenters. The molecule has 1 saturated heterocycles. The van der Waals surface area contributed by atoms with E-state index in [-0.39, 0.29) is 10.8 Å². The van der Waals surface area contributed by atoms with Crippen LogP contribution >= 0.6 is 11.8 Å². The van der Waals surface area contributed by atoms with Crippen LogP contribution in [0.25, 0.3) is 0 Å². The zero-order valence-electron chi connectivity index (χ0n) is 17.3. The van der Waals surface area contributed by atoms with Crippen LogP contribution in [0, 0.1) is 0 Å². The zero-order chi connectivity index (χ0) is 22.0. The Morgan fingerprint density at radius 3 is 2.68 bits per heavy atom. The minimum absolute atomic E-state index is 0.0237. The molecular weight excluding hydrogens is 436 g/mol. The Kier molecular flexibility index (Phi) is 6.17. The van der Waals surface area contributed by atoms with Crippen LogP contribution in [0.1, 0.15) is 28.9 Å². The van der Waals surface area contributed by atoms with E-state index in [9.17, 15) is 13.2 Å². The number of nitrogens with one attached hydrogen (secondary N) is 2. The molecule has 0 aliphatic carbocycles. The minimum atomic E-state index is -3.52. The van der Waals surface area contributed by atoms with Gasteiger partial charge in [-0.25, -0.2) is 17.7 Å². The number of benzene rings is 1. The Morgan fingerprint density at radius 1 is 1.23 bits per heavy atom. The summed E-state index contributed by atoms with van der Waals surface area (Å²) >= 11 is 1.46. The van der Waals surface area contributed by atoms with E-state index in [0.29, 0.717) is 22.3 Å². The summed E-state index contributed by atoms with van der Waals surface area (Å²) < 4.78 is 25.8. The second-order valence-electron chi connectivity index (χ2n) is 7.46. The first kappa shape index (κ1) is 21.6. The van der Waals surface area contributed by atoms with Gasteiger partial charge in [0.25, 0.3) is 5.91 Å². The molecule has 0 atom stereocenters. The number of hydrogen-bond acceptors (Lipinski definition) is 6. The van der Waals surface area contributed by atoms with Gasteiger partial charge < -0.3 is 9.88 Å². The highest BCUT2D eigenvalue weighted by Crippen LogP contribution is 2.23. The number of rotatable bonds is 5. The number of nitrogens with zero attached hydrogens (tertiary/aromatic N) is 4. The summed E-state index contributed by atoms with van der Waals surface area (Å²) in [4.78, 5) is 22.1. The fourth-order valence-corrected chi connectivity index (χ4v) is 5.06. The topological polar surface area (TPSA) is 110 Å². The average Bonchev–Trinajstić information content (AvgIpc) is 3.46. The number of likely N-dealkylation sites (tertiary alicyclic amines) is 1. The number of carbonyl (C=O) groups is 1. The molecule has 4 rings (SSSR count). The van der Waals surface area contributed by atoms with Gasteiger partial charge in [0, 0.05) is 44.7 Å². The van der Waals surface area contributed by atoms with Crippen molar-refractivity contribution in [2.75, 3.05) is 32.9 Å². The number of aromatic nitrogens is 1. The van der Waals surface area contributed by atoms with E-state index >= 15 is 0 Å². The molecule has 0 bridgehead atoms. The van der Waals surface area contributed by atoms with E-state index in [4.69, 9.17) is 0 Å². The number of sulfonamides is 1. The number of hydrazone groups is 1. The molecule has 0 radical (unpaired) electrons. The second-order valence-corrected chi connectivity index (χ2v) is 10.6. The summed E-state index contributed by atoms with van der Waals surface area (Å²) in [6, 6.07) is 8.32. The van der Waals surface area contributed by atoms with E-state index in [1.165, 1.54) is 36.2 Å². The maximum Gasteiger partial charge on any atom is 0.270 e. The summed E-state index contributed by atoms with van der Waals surface area (Å²) in [7, 11) is -0.533. The number of thioether (sulfide) groups is 1. The van der Waals surface area contributed by atoms with E-state index in [2.05, 4.69) is 20.5 Å². The van der Waals surface area contributed by atoms with Crippen LogP contribution in [-0.4, -0.2) is 72.3 Å². The van der Waals surface area contributed by atoms with Crippen molar-refractivity contribution in [1.82, 2.24) is 19.6 Å². The fourth-order valence-electron chi connectivity index (χ4n) is 3.34. The normalized spacial score (nSPS) is 18.4. The average molecular weight is 461 g/mol. The van der Waals surface area contributed by atoms with Gasteiger partial charge in [0.05, 0.1) is 16.3 Å². The van der Waals surface area contributed by atoms with Crippen LogP contribution in [0.15, 0.2) is 51.5 Å². The molecule has 1 aromatic heterocycles. The molecule has 1 aromatic carbocycles. The lowest BCUT2D eigenvalue weighted by Gasteiger charge is -2.15. The smallest absolute Gasteiger partial charge is 0.270 e. The highest BCUT2D eigenvalue weighted by Gasteiger charge is 2.22. The van der Waals surface area contributed by atoms with Gasteiger partial charge in [-0.05, 0) is 37.1 Å². The highest BCUT2D eigenvalue weighted by atomic mass is 32.2. The molecule has 3 heterocycles. The number of aromatic amines is 1. The maximum atomic E-state index is 12.5. The van der Waals surface area contributed by atoms with E-state index in [1.807, 2.05) is 11.0 Å². The van der Waals surface area contributed by atoms with Crippen molar-refractivity contribution in [2.45, 2.75) is 17.7 Å². The van der Waals surface area contributed by atoms with Gasteiger partial charge in [-0.1, -0.05) is 17.8 Å². The van der Waals surface area contributed by atoms with Crippen molar-refractivity contribution in [2.24, 2.45) is 10.1 Å². The molecule has 2 aliphatic heterocycles. The Balaban J connectivity index is 1.46. The van der Waals surface area contributed by atoms with Gasteiger partial charge in [0.2, 0.25) is 10.0 Å². The summed E-state index contributed by atoms with van der Waals surface area (Å²) in [6.45, 7) is 1.62. The molecule has 9 nitrogen and oxygen atoms in total. The Hall–Kier alpha value is -2.63. The lowest BCUT2D eigenvalue weighted by Crippen LogP contribution is -2.28. The van der Waals surface area contributed by atoms with Crippen molar-refractivity contribution >= 4 is 44.3 Å². The molecule has 1 amide bonds. The zero-order valence-corrected chi connectivity index (χ0v) is 19.0. The number of aliphatic imine (C=N–C) groups is 1. The lowest BCUT2D eigenvalue weighted by molar-refractivity contribution is 0.0787. The Morgan fingerprint density at radius 2 is 2.00 bits per heavy atom. The Bertz CT molecular complexity index is 1150. The van der Waals surface area contributed by atoms with Gasteiger partial charge in [-0.2, -0.15) is 5.10 Å². The van der Waals surface area contributed by atoms with E-state index in [1.54, 1.807) is 24.4 Å². The van der Waals surface area contributed by atoms with Crippen molar-refractivity contribution < 1.29 is 13.2 Å². The molecule has 2 N–H and O–H groups in total. The number of carbonyl (C=O) groups excluding carboxylic acids is 1. The van der Waals surface area contributed by atoms with Crippen LogP contribution in [-0.2, 0) is 10.0 Å². The van der Waals surface area contributed by atoms with Crippen molar-refractivity contribution in [1.29, 1.82) is 0 Å². The summed E-state index contributed by atoms with van der Waals surface area (Å²) in [6.07, 6.45) is 3.90. The quantitative estimate of drug-likeness (QED) is 0.711.